The predicted molar refractivity (Wildman–Crippen MR) is 85.0 cm³/mol. The van der Waals surface area contributed by atoms with Gasteiger partial charge in [0, 0.05) is 30.4 Å². The summed E-state index contributed by atoms with van der Waals surface area (Å²) in [4.78, 5) is 21.8. The molecule has 2 aromatic heterocycles. The first-order valence-corrected chi connectivity index (χ1v) is 8.03. The molecule has 22 heavy (non-hydrogen) atoms. The van der Waals surface area contributed by atoms with E-state index in [1.807, 2.05) is 18.4 Å². The standard InChI is InChI=1S/C15H18N4O2S/c1-10-18-11(9-22-10)8-21-13-3-5-19(7-13)12-2-4-17-14(6-12)15(16)20/h2,4,6,9,13H,3,5,7-8H2,1H3,(H2,16,20). The number of anilines is 1. The number of ether oxygens (including phenoxy) is 1. The van der Waals surface area contributed by atoms with E-state index in [-0.39, 0.29) is 6.10 Å². The van der Waals surface area contributed by atoms with Gasteiger partial charge in [-0.15, -0.1) is 11.3 Å². The first-order chi connectivity index (χ1) is 10.6. The van der Waals surface area contributed by atoms with E-state index in [9.17, 15) is 4.79 Å². The van der Waals surface area contributed by atoms with Crippen molar-refractivity contribution < 1.29 is 9.53 Å². The van der Waals surface area contributed by atoms with Crippen molar-refractivity contribution in [2.75, 3.05) is 18.0 Å². The van der Waals surface area contributed by atoms with Crippen LogP contribution in [0.5, 0.6) is 0 Å². The molecule has 1 aliphatic rings. The average molecular weight is 318 g/mol. The van der Waals surface area contributed by atoms with E-state index >= 15 is 0 Å². The molecule has 6 nitrogen and oxygen atoms in total. The topological polar surface area (TPSA) is 81.3 Å². The van der Waals surface area contributed by atoms with Crippen molar-refractivity contribution >= 4 is 22.9 Å². The van der Waals surface area contributed by atoms with Gasteiger partial charge in [0.1, 0.15) is 5.69 Å². The Bertz CT molecular complexity index is 673. The summed E-state index contributed by atoms with van der Waals surface area (Å²) in [7, 11) is 0. The largest absolute Gasteiger partial charge is 0.370 e. The summed E-state index contributed by atoms with van der Waals surface area (Å²) >= 11 is 1.64. The summed E-state index contributed by atoms with van der Waals surface area (Å²) in [6.07, 6.45) is 2.74. The van der Waals surface area contributed by atoms with Crippen LogP contribution in [0.4, 0.5) is 5.69 Å². The smallest absolute Gasteiger partial charge is 0.267 e. The number of primary amides is 1. The van der Waals surface area contributed by atoms with Crippen LogP contribution < -0.4 is 10.6 Å². The fourth-order valence-corrected chi connectivity index (χ4v) is 3.12. The maximum atomic E-state index is 11.2. The number of thiazole rings is 1. The van der Waals surface area contributed by atoms with Gasteiger partial charge in [0.25, 0.3) is 5.91 Å². The van der Waals surface area contributed by atoms with E-state index in [2.05, 4.69) is 14.9 Å². The number of nitrogens with two attached hydrogens (primary N) is 1. The lowest BCUT2D eigenvalue weighted by molar-refractivity contribution is 0.0536. The summed E-state index contributed by atoms with van der Waals surface area (Å²) in [6, 6.07) is 3.62. The molecule has 2 N–H and O–H groups in total. The van der Waals surface area contributed by atoms with Crippen molar-refractivity contribution in [2.45, 2.75) is 26.1 Å². The number of aryl methyl sites for hydroxylation is 1. The Balaban J connectivity index is 1.57. The molecular formula is C15H18N4O2S. The number of pyridine rings is 1. The highest BCUT2D eigenvalue weighted by Gasteiger charge is 2.24. The molecule has 0 radical (unpaired) electrons. The lowest BCUT2D eigenvalue weighted by atomic mass is 10.3. The SMILES string of the molecule is Cc1nc(COC2CCN(c3ccnc(C(N)=O)c3)C2)cs1. The minimum Gasteiger partial charge on any atom is -0.370 e. The minimum atomic E-state index is -0.507. The number of hydrogen-bond acceptors (Lipinski definition) is 6. The Kier molecular flexibility index (Phi) is 4.35. The maximum absolute atomic E-state index is 11.2. The lowest BCUT2D eigenvalue weighted by Gasteiger charge is -2.18. The first kappa shape index (κ1) is 14.9. The van der Waals surface area contributed by atoms with Gasteiger partial charge in [-0.2, -0.15) is 0 Å². The third kappa shape index (κ3) is 3.42. The molecule has 1 atom stereocenters. The fraction of sp³-hybridized carbons (Fsp3) is 0.400. The van der Waals surface area contributed by atoms with E-state index in [0.717, 1.165) is 35.9 Å². The second-order valence-corrected chi connectivity index (χ2v) is 6.35. The van der Waals surface area contributed by atoms with Gasteiger partial charge in [-0.25, -0.2) is 4.98 Å². The molecule has 1 saturated heterocycles. The molecule has 1 aliphatic heterocycles. The number of amides is 1. The summed E-state index contributed by atoms with van der Waals surface area (Å²) in [5.41, 5.74) is 7.51. The zero-order chi connectivity index (χ0) is 15.5. The molecule has 1 unspecified atom stereocenters. The van der Waals surface area contributed by atoms with Crippen LogP contribution in [-0.4, -0.2) is 35.1 Å². The fourth-order valence-electron chi connectivity index (χ4n) is 2.53. The van der Waals surface area contributed by atoms with Crippen molar-refractivity contribution in [1.82, 2.24) is 9.97 Å². The number of nitrogens with zero attached hydrogens (tertiary/aromatic N) is 3. The van der Waals surface area contributed by atoms with Gasteiger partial charge in [0.05, 0.1) is 23.4 Å². The third-order valence-electron chi connectivity index (χ3n) is 3.64. The van der Waals surface area contributed by atoms with Crippen LogP contribution in [0.1, 0.15) is 27.6 Å². The van der Waals surface area contributed by atoms with Gasteiger partial charge in [0.2, 0.25) is 0 Å². The summed E-state index contributed by atoms with van der Waals surface area (Å²) < 4.78 is 5.93. The maximum Gasteiger partial charge on any atom is 0.267 e. The van der Waals surface area contributed by atoms with Gasteiger partial charge >= 0.3 is 0 Å². The quantitative estimate of drug-likeness (QED) is 0.908. The number of carbonyl (C=O) groups excluding carboxylic acids is 1. The van der Waals surface area contributed by atoms with Crippen molar-refractivity contribution in [1.29, 1.82) is 0 Å². The second-order valence-electron chi connectivity index (χ2n) is 5.29. The van der Waals surface area contributed by atoms with Gasteiger partial charge in [-0.05, 0) is 25.5 Å². The predicted octanol–water partition coefficient (Wildman–Crippen LogP) is 1.74. The van der Waals surface area contributed by atoms with Crippen LogP contribution in [0.25, 0.3) is 0 Å². The van der Waals surface area contributed by atoms with E-state index in [0.29, 0.717) is 12.3 Å². The number of rotatable bonds is 5. The molecule has 0 aromatic carbocycles. The monoisotopic (exact) mass is 318 g/mol. The minimum absolute atomic E-state index is 0.173. The highest BCUT2D eigenvalue weighted by Crippen LogP contribution is 2.23. The highest BCUT2D eigenvalue weighted by atomic mass is 32.1. The zero-order valence-corrected chi connectivity index (χ0v) is 13.2. The van der Waals surface area contributed by atoms with Crippen molar-refractivity contribution in [3.63, 3.8) is 0 Å². The van der Waals surface area contributed by atoms with Crippen LogP contribution >= 0.6 is 11.3 Å². The van der Waals surface area contributed by atoms with E-state index < -0.39 is 5.91 Å². The summed E-state index contributed by atoms with van der Waals surface area (Å²) in [6.45, 7) is 4.23. The molecule has 3 rings (SSSR count). The summed E-state index contributed by atoms with van der Waals surface area (Å²) in [5.74, 6) is -0.507. The summed E-state index contributed by atoms with van der Waals surface area (Å²) in [5, 5.41) is 3.09. The third-order valence-corrected chi connectivity index (χ3v) is 4.46. The Morgan fingerprint density at radius 1 is 1.59 bits per heavy atom. The van der Waals surface area contributed by atoms with Crippen LogP contribution in [0, 0.1) is 6.92 Å². The molecule has 0 aliphatic carbocycles. The highest BCUT2D eigenvalue weighted by molar-refractivity contribution is 7.09. The zero-order valence-electron chi connectivity index (χ0n) is 12.4. The van der Waals surface area contributed by atoms with Crippen LogP contribution in [-0.2, 0) is 11.3 Å². The second kappa shape index (κ2) is 6.41. The van der Waals surface area contributed by atoms with Crippen LogP contribution in [0.15, 0.2) is 23.7 Å². The van der Waals surface area contributed by atoms with Crippen molar-refractivity contribution in [3.8, 4) is 0 Å². The number of aromatic nitrogens is 2. The molecule has 116 valence electrons. The van der Waals surface area contributed by atoms with Crippen molar-refractivity contribution in [2.24, 2.45) is 5.73 Å². The number of carbonyl (C=O) groups is 1. The Labute approximate surface area is 132 Å². The van der Waals surface area contributed by atoms with E-state index in [4.69, 9.17) is 10.5 Å². The Hall–Kier alpha value is -1.99. The van der Waals surface area contributed by atoms with E-state index in [1.165, 1.54) is 0 Å². The molecule has 0 saturated carbocycles. The molecule has 0 spiro atoms. The molecule has 2 aromatic rings. The normalized spacial score (nSPS) is 17.9. The van der Waals surface area contributed by atoms with Gasteiger partial charge in [-0.3, -0.25) is 9.78 Å². The van der Waals surface area contributed by atoms with Crippen LogP contribution in [0.2, 0.25) is 0 Å². The molecule has 7 heteroatoms. The van der Waals surface area contributed by atoms with E-state index in [1.54, 1.807) is 23.6 Å². The molecule has 1 amide bonds. The Morgan fingerprint density at radius 3 is 3.18 bits per heavy atom. The molecule has 0 bridgehead atoms. The van der Waals surface area contributed by atoms with Gasteiger partial charge in [-0.1, -0.05) is 0 Å². The van der Waals surface area contributed by atoms with Gasteiger partial charge < -0.3 is 15.4 Å². The molecular weight excluding hydrogens is 300 g/mol. The first-order valence-electron chi connectivity index (χ1n) is 7.15. The number of hydrogen-bond donors (Lipinski definition) is 1. The lowest BCUT2D eigenvalue weighted by Crippen LogP contribution is -2.23. The Morgan fingerprint density at radius 2 is 2.45 bits per heavy atom. The van der Waals surface area contributed by atoms with Crippen LogP contribution in [0.3, 0.4) is 0 Å². The van der Waals surface area contributed by atoms with Gasteiger partial charge in [0.15, 0.2) is 0 Å². The average Bonchev–Trinajstić information content (AvgIpc) is 3.14. The molecule has 3 heterocycles. The van der Waals surface area contributed by atoms with Crippen molar-refractivity contribution in [3.05, 3.63) is 40.1 Å². The molecule has 1 fully saturated rings.